The maximum Gasteiger partial charge on any atom is 0.322 e. The molecule has 0 spiro atoms. The van der Waals surface area contributed by atoms with E-state index in [1.54, 1.807) is 11.3 Å². The molecule has 2 atom stereocenters. The third kappa shape index (κ3) is 2.24. The number of rotatable bonds is 3. The molecule has 0 radical (unpaired) electrons. The van der Waals surface area contributed by atoms with Crippen molar-refractivity contribution in [3.05, 3.63) is 20.8 Å². The van der Waals surface area contributed by atoms with E-state index in [1.165, 1.54) is 17.6 Å². The standard InChI is InChI=1S/C11H14ClNO2S/c1-6(11(14)15-2)13-8-3-4-9-7(8)5-10(12)16-9/h5-6,8,13H,3-4H2,1-2H3. The molecule has 0 aliphatic heterocycles. The molecule has 16 heavy (non-hydrogen) atoms. The summed E-state index contributed by atoms with van der Waals surface area (Å²) in [7, 11) is 1.40. The van der Waals surface area contributed by atoms with Gasteiger partial charge in [-0.1, -0.05) is 11.6 Å². The van der Waals surface area contributed by atoms with Crippen LogP contribution < -0.4 is 5.32 Å². The van der Waals surface area contributed by atoms with Crippen LogP contribution in [0.15, 0.2) is 6.07 Å². The first-order chi connectivity index (χ1) is 7.61. The average molecular weight is 260 g/mol. The molecule has 3 nitrogen and oxygen atoms in total. The lowest BCUT2D eigenvalue weighted by Gasteiger charge is -2.17. The zero-order valence-corrected chi connectivity index (χ0v) is 10.8. The van der Waals surface area contributed by atoms with Gasteiger partial charge >= 0.3 is 5.97 Å². The molecule has 0 saturated carbocycles. The van der Waals surface area contributed by atoms with Crippen LogP contribution in [-0.4, -0.2) is 19.1 Å². The van der Waals surface area contributed by atoms with Gasteiger partial charge in [-0.2, -0.15) is 0 Å². The normalized spacial score (nSPS) is 20.6. The van der Waals surface area contributed by atoms with E-state index >= 15 is 0 Å². The molecule has 5 heteroatoms. The first kappa shape index (κ1) is 11.9. The molecule has 1 aliphatic carbocycles. The topological polar surface area (TPSA) is 38.3 Å². The molecule has 1 aliphatic rings. The highest BCUT2D eigenvalue weighted by Gasteiger charge is 2.27. The molecule has 0 aromatic carbocycles. The maximum absolute atomic E-state index is 11.3. The predicted molar refractivity (Wildman–Crippen MR) is 65.0 cm³/mol. The van der Waals surface area contributed by atoms with Gasteiger partial charge in [-0.15, -0.1) is 11.3 Å². The maximum atomic E-state index is 11.3. The molecular formula is C11H14ClNO2S. The molecule has 1 aromatic rings. The van der Waals surface area contributed by atoms with Crippen molar-refractivity contribution in [1.29, 1.82) is 0 Å². The van der Waals surface area contributed by atoms with Crippen LogP contribution in [0.2, 0.25) is 4.34 Å². The number of aryl methyl sites for hydroxylation is 1. The summed E-state index contributed by atoms with van der Waals surface area (Å²) in [4.78, 5) is 12.6. The summed E-state index contributed by atoms with van der Waals surface area (Å²) in [5, 5.41) is 3.27. The fourth-order valence-corrected chi connectivity index (χ4v) is 3.41. The van der Waals surface area contributed by atoms with Crippen LogP contribution >= 0.6 is 22.9 Å². The quantitative estimate of drug-likeness (QED) is 0.848. The second-order valence-corrected chi connectivity index (χ2v) is 5.70. The van der Waals surface area contributed by atoms with Crippen molar-refractivity contribution in [2.45, 2.75) is 31.8 Å². The number of halogens is 1. The van der Waals surface area contributed by atoms with Crippen molar-refractivity contribution in [2.75, 3.05) is 7.11 Å². The van der Waals surface area contributed by atoms with Crippen LogP contribution in [0.5, 0.6) is 0 Å². The molecule has 0 bridgehead atoms. The van der Waals surface area contributed by atoms with Gasteiger partial charge in [-0.25, -0.2) is 0 Å². The number of fused-ring (bicyclic) bond motifs is 1. The number of methoxy groups -OCH3 is 1. The Kier molecular flexibility index (Phi) is 3.52. The molecular weight excluding hydrogens is 246 g/mol. The lowest BCUT2D eigenvalue weighted by molar-refractivity contribution is -0.142. The summed E-state index contributed by atoms with van der Waals surface area (Å²) >= 11 is 7.60. The second kappa shape index (κ2) is 4.73. The minimum absolute atomic E-state index is 0.227. The molecule has 2 unspecified atom stereocenters. The lowest BCUT2D eigenvalue weighted by atomic mass is 10.1. The van der Waals surface area contributed by atoms with Crippen molar-refractivity contribution in [3.63, 3.8) is 0 Å². The summed E-state index contributed by atoms with van der Waals surface area (Å²) in [6.45, 7) is 1.82. The molecule has 1 aromatic heterocycles. The number of thiophene rings is 1. The van der Waals surface area contributed by atoms with E-state index in [0.29, 0.717) is 0 Å². The molecule has 88 valence electrons. The van der Waals surface area contributed by atoms with E-state index in [9.17, 15) is 4.79 Å². The van der Waals surface area contributed by atoms with Crippen molar-refractivity contribution >= 4 is 28.9 Å². The Morgan fingerprint density at radius 2 is 2.50 bits per heavy atom. The summed E-state index contributed by atoms with van der Waals surface area (Å²) in [6, 6.07) is 1.95. The van der Waals surface area contributed by atoms with Crippen molar-refractivity contribution in [1.82, 2.24) is 5.32 Å². The number of hydrogen-bond acceptors (Lipinski definition) is 4. The summed E-state index contributed by atoms with van der Waals surface area (Å²) < 4.78 is 5.51. The van der Waals surface area contributed by atoms with Gasteiger partial charge in [-0.05, 0) is 31.4 Å². The van der Waals surface area contributed by atoms with Crippen molar-refractivity contribution in [2.24, 2.45) is 0 Å². The fourth-order valence-electron chi connectivity index (χ4n) is 2.05. The van der Waals surface area contributed by atoms with Gasteiger partial charge in [0.25, 0.3) is 0 Å². The number of hydrogen-bond donors (Lipinski definition) is 1. The van der Waals surface area contributed by atoms with Crippen molar-refractivity contribution in [3.8, 4) is 0 Å². The minimum Gasteiger partial charge on any atom is -0.468 e. The van der Waals surface area contributed by atoms with Crippen LogP contribution in [-0.2, 0) is 16.0 Å². The Morgan fingerprint density at radius 1 is 1.75 bits per heavy atom. The molecule has 0 fully saturated rings. The highest BCUT2D eigenvalue weighted by molar-refractivity contribution is 7.16. The second-order valence-electron chi connectivity index (χ2n) is 3.93. The molecule has 1 N–H and O–H groups in total. The van der Waals surface area contributed by atoms with E-state index < -0.39 is 0 Å². The van der Waals surface area contributed by atoms with Crippen LogP contribution in [0.4, 0.5) is 0 Å². The van der Waals surface area contributed by atoms with E-state index in [2.05, 4.69) is 5.32 Å². The van der Waals surface area contributed by atoms with E-state index in [0.717, 1.165) is 17.2 Å². The van der Waals surface area contributed by atoms with Gasteiger partial charge in [0.05, 0.1) is 11.4 Å². The van der Waals surface area contributed by atoms with Gasteiger partial charge in [-0.3, -0.25) is 10.1 Å². The summed E-state index contributed by atoms with van der Waals surface area (Å²) in [6.07, 6.45) is 2.07. The van der Waals surface area contributed by atoms with Crippen LogP contribution in [0, 0.1) is 0 Å². The zero-order chi connectivity index (χ0) is 11.7. The fraction of sp³-hybridized carbons (Fsp3) is 0.545. The van der Waals surface area contributed by atoms with Gasteiger partial charge < -0.3 is 4.74 Å². The Labute approximate surface area is 104 Å². The molecule has 0 saturated heterocycles. The Bertz CT molecular complexity index is 405. The summed E-state index contributed by atoms with van der Waals surface area (Å²) in [5.41, 5.74) is 1.24. The van der Waals surface area contributed by atoms with Gasteiger partial charge in [0.2, 0.25) is 0 Å². The minimum atomic E-state index is -0.278. The van der Waals surface area contributed by atoms with Crippen LogP contribution in [0.1, 0.15) is 29.8 Å². The lowest BCUT2D eigenvalue weighted by Crippen LogP contribution is -2.36. The number of ether oxygens (including phenoxy) is 1. The van der Waals surface area contributed by atoms with Crippen LogP contribution in [0.3, 0.4) is 0 Å². The first-order valence-electron chi connectivity index (χ1n) is 5.23. The predicted octanol–water partition coefficient (Wildman–Crippen LogP) is 2.54. The number of nitrogens with one attached hydrogen (secondary N) is 1. The number of esters is 1. The molecule has 1 heterocycles. The molecule has 2 rings (SSSR count). The first-order valence-corrected chi connectivity index (χ1v) is 6.43. The average Bonchev–Trinajstić information content (AvgIpc) is 2.78. The van der Waals surface area contributed by atoms with Crippen molar-refractivity contribution < 1.29 is 9.53 Å². The Balaban J connectivity index is 2.05. The third-order valence-corrected chi connectivity index (χ3v) is 4.19. The smallest absolute Gasteiger partial charge is 0.322 e. The highest BCUT2D eigenvalue weighted by atomic mass is 35.5. The zero-order valence-electron chi connectivity index (χ0n) is 9.25. The Hall–Kier alpha value is -0.580. The summed E-state index contributed by atoms with van der Waals surface area (Å²) in [5.74, 6) is -0.227. The van der Waals surface area contributed by atoms with Gasteiger partial charge in [0, 0.05) is 10.9 Å². The van der Waals surface area contributed by atoms with E-state index in [-0.39, 0.29) is 18.1 Å². The van der Waals surface area contributed by atoms with Gasteiger partial charge in [0.15, 0.2) is 0 Å². The largest absolute Gasteiger partial charge is 0.468 e. The highest BCUT2D eigenvalue weighted by Crippen LogP contribution is 2.39. The van der Waals surface area contributed by atoms with Gasteiger partial charge in [0.1, 0.15) is 6.04 Å². The monoisotopic (exact) mass is 259 g/mol. The van der Waals surface area contributed by atoms with E-state index in [1.807, 2.05) is 13.0 Å². The SMILES string of the molecule is COC(=O)C(C)NC1CCc2sc(Cl)cc21. The number of carbonyl (C=O) groups is 1. The third-order valence-electron chi connectivity index (χ3n) is 2.85. The molecule has 0 amide bonds. The van der Waals surface area contributed by atoms with Crippen LogP contribution in [0.25, 0.3) is 0 Å². The van der Waals surface area contributed by atoms with E-state index in [4.69, 9.17) is 16.3 Å². The number of carbonyl (C=O) groups excluding carboxylic acids is 1. The Morgan fingerprint density at radius 3 is 3.19 bits per heavy atom.